The van der Waals surface area contributed by atoms with Gasteiger partial charge in [0.15, 0.2) is 0 Å². The Bertz CT molecular complexity index is 1100. The molecule has 158 valence electrons. The van der Waals surface area contributed by atoms with Crippen LogP contribution in [0.3, 0.4) is 0 Å². The molecule has 2 saturated heterocycles. The summed E-state index contributed by atoms with van der Waals surface area (Å²) >= 11 is 6.78. The zero-order valence-electron chi connectivity index (χ0n) is 17.7. The molecule has 0 saturated carbocycles. The molecule has 1 atom stereocenters. The van der Waals surface area contributed by atoms with Crippen molar-refractivity contribution in [2.24, 2.45) is 7.05 Å². The Morgan fingerprint density at radius 2 is 1.87 bits per heavy atom. The first-order chi connectivity index (χ1) is 14.4. The number of piperidine rings is 1. The number of thioether (sulfide) groups is 1. The Morgan fingerprint density at radius 3 is 2.57 bits per heavy atom. The molecule has 30 heavy (non-hydrogen) atoms. The molecule has 0 N–H and O–H groups in total. The van der Waals surface area contributed by atoms with E-state index in [4.69, 9.17) is 12.2 Å². The topological polar surface area (TPSA) is 45.6 Å². The summed E-state index contributed by atoms with van der Waals surface area (Å²) < 4.78 is 2.25. The van der Waals surface area contributed by atoms with Crippen molar-refractivity contribution in [3.63, 3.8) is 0 Å². The summed E-state index contributed by atoms with van der Waals surface area (Å²) in [5.74, 6) is -0.0980. The van der Waals surface area contributed by atoms with Crippen molar-refractivity contribution in [1.82, 2.24) is 9.47 Å². The standard InChI is InChI=1S/C23H27N3O2S2/c1-4-15(2)26-22(28)19(30-23(26)29)14-17-20(25-12-8-5-9-13-25)16-10-6-7-11-18(16)24(3)21(17)27/h6-7,10-11,14-15H,4-5,8-9,12-13H2,1-3H3. The van der Waals surface area contributed by atoms with Crippen LogP contribution in [0.2, 0.25) is 0 Å². The minimum atomic E-state index is -0.0980. The molecule has 2 aliphatic heterocycles. The number of fused-ring (bicyclic) bond motifs is 1. The lowest BCUT2D eigenvalue weighted by Gasteiger charge is -2.31. The van der Waals surface area contributed by atoms with E-state index in [-0.39, 0.29) is 17.5 Å². The first kappa shape index (κ1) is 21.1. The number of benzene rings is 1. The Kier molecular flexibility index (Phi) is 6.02. The van der Waals surface area contributed by atoms with E-state index in [1.54, 1.807) is 22.6 Å². The van der Waals surface area contributed by atoms with E-state index in [2.05, 4.69) is 11.0 Å². The molecule has 2 aliphatic rings. The number of carbonyl (C=O) groups excluding carboxylic acids is 1. The molecule has 7 heteroatoms. The highest BCUT2D eigenvalue weighted by molar-refractivity contribution is 8.26. The molecule has 0 aliphatic carbocycles. The van der Waals surface area contributed by atoms with Gasteiger partial charge in [-0.15, -0.1) is 0 Å². The molecule has 1 aromatic carbocycles. The molecular formula is C23H27N3O2S2. The van der Waals surface area contributed by atoms with Gasteiger partial charge in [-0.25, -0.2) is 0 Å². The zero-order valence-corrected chi connectivity index (χ0v) is 19.3. The van der Waals surface area contributed by atoms with Gasteiger partial charge in [-0.1, -0.05) is 49.1 Å². The highest BCUT2D eigenvalue weighted by atomic mass is 32.2. The summed E-state index contributed by atoms with van der Waals surface area (Å²) in [6.45, 7) is 5.89. The quantitative estimate of drug-likeness (QED) is 0.515. The van der Waals surface area contributed by atoms with Crippen LogP contribution in [0.4, 0.5) is 5.69 Å². The molecule has 0 spiro atoms. The first-order valence-corrected chi connectivity index (χ1v) is 11.8. The van der Waals surface area contributed by atoms with Gasteiger partial charge in [-0.05, 0) is 44.7 Å². The Hall–Kier alpha value is -2.12. The van der Waals surface area contributed by atoms with E-state index in [1.807, 2.05) is 32.0 Å². The predicted molar refractivity (Wildman–Crippen MR) is 130 cm³/mol. The van der Waals surface area contributed by atoms with E-state index in [0.717, 1.165) is 48.9 Å². The summed E-state index contributed by atoms with van der Waals surface area (Å²) in [7, 11) is 1.80. The van der Waals surface area contributed by atoms with Gasteiger partial charge in [-0.2, -0.15) is 0 Å². The summed E-state index contributed by atoms with van der Waals surface area (Å²) in [6.07, 6.45) is 6.04. The average Bonchev–Trinajstić information content (AvgIpc) is 3.05. The Labute approximate surface area is 186 Å². The smallest absolute Gasteiger partial charge is 0.266 e. The molecule has 3 heterocycles. The number of aryl methyl sites for hydroxylation is 1. The van der Waals surface area contributed by atoms with Crippen LogP contribution in [0, 0.1) is 0 Å². The third-order valence-corrected chi connectivity index (χ3v) is 7.44. The number of pyridine rings is 1. The number of anilines is 1. The minimum Gasteiger partial charge on any atom is -0.370 e. The van der Waals surface area contributed by atoms with Gasteiger partial charge in [0.2, 0.25) is 0 Å². The fraction of sp³-hybridized carbons (Fsp3) is 0.435. The number of nitrogens with zero attached hydrogens (tertiary/aromatic N) is 3. The number of rotatable bonds is 4. The number of thiocarbonyl (C=S) groups is 1. The van der Waals surface area contributed by atoms with Crippen molar-refractivity contribution in [3.05, 3.63) is 45.1 Å². The van der Waals surface area contributed by atoms with Gasteiger partial charge >= 0.3 is 0 Å². The number of hydrogen-bond acceptors (Lipinski definition) is 5. The van der Waals surface area contributed by atoms with E-state index in [0.29, 0.717) is 14.8 Å². The number of hydrogen-bond donors (Lipinski definition) is 0. The fourth-order valence-electron chi connectivity index (χ4n) is 4.26. The number of amides is 1. The lowest BCUT2D eigenvalue weighted by atomic mass is 10.0. The Morgan fingerprint density at radius 1 is 1.17 bits per heavy atom. The summed E-state index contributed by atoms with van der Waals surface area (Å²) in [6, 6.07) is 8.06. The molecule has 4 rings (SSSR count). The second kappa shape index (κ2) is 8.55. The lowest BCUT2D eigenvalue weighted by molar-refractivity contribution is -0.123. The first-order valence-electron chi connectivity index (χ1n) is 10.6. The largest absolute Gasteiger partial charge is 0.370 e. The molecular weight excluding hydrogens is 414 g/mol. The highest BCUT2D eigenvalue weighted by Gasteiger charge is 2.35. The van der Waals surface area contributed by atoms with Gasteiger partial charge in [0.1, 0.15) is 4.32 Å². The second-order valence-electron chi connectivity index (χ2n) is 8.00. The lowest BCUT2D eigenvalue weighted by Crippen LogP contribution is -2.36. The van der Waals surface area contributed by atoms with Crippen molar-refractivity contribution < 1.29 is 4.79 Å². The van der Waals surface area contributed by atoms with Gasteiger partial charge in [0.25, 0.3) is 11.5 Å². The molecule has 1 amide bonds. The number of para-hydroxylation sites is 1. The third kappa shape index (κ3) is 3.58. The van der Waals surface area contributed by atoms with Crippen LogP contribution in [0.25, 0.3) is 17.0 Å². The molecule has 0 radical (unpaired) electrons. The molecule has 0 bridgehead atoms. The van der Waals surface area contributed by atoms with Crippen LogP contribution in [0.15, 0.2) is 34.0 Å². The molecule has 2 aromatic rings. The normalized spacial score (nSPS) is 19.9. The van der Waals surface area contributed by atoms with Crippen molar-refractivity contribution >= 4 is 56.9 Å². The SMILES string of the molecule is CCC(C)N1C(=O)C(=Cc2c(N3CCCCC3)c3ccccc3n(C)c2=O)SC1=S. The van der Waals surface area contributed by atoms with Gasteiger partial charge in [-0.3, -0.25) is 14.5 Å². The second-order valence-corrected chi connectivity index (χ2v) is 9.68. The van der Waals surface area contributed by atoms with Crippen molar-refractivity contribution in [2.45, 2.75) is 45.6 Å². The maximum atomic E-state index is 13.4. The summed E-state index contributed by atoms with van der Waals surface area (Å²) in [4.78, 5) is 31.0. The zero-order chi connectivity index (χ0) is 21.4. The van der Waals surface area contributed by atoms with E-state index < -0.39 is 0 Å². The molecule has 2 fully saturated rings. The summed E-state index contributed by atoms with van der Waals surface area (Å²) in [5, 5.41) is 1.05. The monoisotopic (exact) mass is 441 g/mol. The van der Waals surface area contributed by atoms with Gasteiger partial charge in [0, 0.05) is 31.6 Å². The van der Waals surface area contributed by atoms with Crippen molar-refractivity contribution in [1.29, 1.82) is 0 Å². The highest BCUT2D eigenvalue weighted by Crippen LogP contribution is 2.37. The van der Waals surface area contributed by atoms with Gasteiger partial charge in [0.05, 0.1) is 21.7 Å². The third-order valence-electron chi connectivity index (χ3n) is 6.11. The average molecular weight is 442 g/mol. The maximum absolute atomic E-state index is 13.4. The number of aromatic nitrogens is 1. The summed E-state index contributed by atoms with van der Waals surface area (Å²) in [5.41, 5.74) is 2.36. The van der Waals surface area contributed by atoms with Crippen LogP contribution >= 0.6 is 24.0 Å². The van der Waals surface area contributed by atoms with Crippen LogP contribution in [0.1, 0.15) is 45.1 Å². The van der Waals surface area contributed by atoms with Crippen LogP contribution in [-0.2, 0) is 11.8 Å². The minimum absolute atomic E-state index is 0.0457. The molecule has 1 aromatic heterocycles. The van der Waals surface area contributed by atoms with Crippen LogP contribution < -0.4 is 10.5 Å². The van der Waals surface area contributed by atoms with E-state index >= 15 is 0 Å². The van der Waals surface area contributed by atoms with Crippen molar-refractivity contribution in [2.75, 3.05) is 18.0 Å². The maximum Gasteiger partial charge on any atom is 0.266 e. The van der Waals surface area contributed by atoms with Crippen LogP contribution in [-0.4, -0.2) is 38.8 Å². The number of carbonyl (C=O) groups is 1. The fourth-order valence-corrected chi connectivity index (χ4v) is 5.71. The molecule has 5 nitrogen and oxygen atoms in total. The van der Waals surface area contributed by atoms with Crippen LogP contribution in [0.5, 0.6) is 0 Å². The van der Waals surface area contributed by atoms with E-state index in [1.165, 1.54) is 18.2 Å². The van der Waals surface area contributed by atoms with Crippen molar-refractivity contribution in [3.8, 4) is 0 Å². The molecule has 1 unspecified atom stereocenters. The Balaban J connectivity index is 1.91. The van der Waals surface area contributed by atoms with E-state index in [9.17, 15) is 9.59 Å². The van der Waals surface area contributed by atoms with Gasteiger partial charge < -0.3 is 9.47 Å². The predicted octanol–water partition coefficient (Wildman–Crippen LogP) is 4.53.